The van der Waals surface area contributed by atoms with Crippen molar-refractivity contribution in [2.45, 2.75) is 12.8 Å². The molecule has 2 heterocycles. The van der Waals surface area contributed by atoms with Crippen LogP contribution in [-0.2, 0) is 0 Å². The van der Waals surface area contributed by atoms with Crippen molar-refractivity contribution in [3.8, 4) is 6.07 Å². The van der Waals surface area contributed by atoms with Crippen molar-refractivity contribution in [2.24, 2.45) is 5.92 Å². The van der Waals surface area contributed by atoms with Gasteiger partial charge in [0.25, 0.3) is 5.91 Å². The van der Waals surface area contributed by atoms with E-state index in [-0.39, 0.29) is 11.8 Å². The number of anilines is 1. The van der Waals surface area contributed by atoms with E-state index >= 15 is 0 Å². The van der Waals surface area contributed by atoms with Crippen LogP contribution in [0.15, 0.2) is 18.3 Å². The molecule has 1 aromatic rings. The Morgan fingerprint density at radius 1 is 1.47 bits per heavy atom. The Hall–Kier alpha value is -2.09. The maximum Gasteiger partial charge on any atom is 0.257 e. The summed E-state index contributed by atoms with van der Waals surface area (Å²) in [4.78, 5) is 20.4. The van der Waals surface area contributed by atoms with E-state index in [0.29, 0.717) is 24.5 Å². The molecule has 5 heteroatoms. The largest absolute Gasteiger partial charge is 0.362 e. The van der Waals surface area contributed by atoms with Gasteiger partial charge >= 0.3 is 0 Å². The molecule has 0 bridgehead atoms. The van der Waals surface area contributed by atoms with Crippen LogP contribution in [0.5, 0.6) is 0 Å². The molecule has 0 saturated carbocycles. The maximum absolute atomic E-state index is 12.5. The van der Waals surface area contributed by atoms with Crippen molar-refractivity contribution in [3.63, 3.8) is 0 Å². The zero-order chi connectivity index (χ0) is 13.8. The SMILES string of the molecule is CN(C)c1ncccc1C(=O)N1CCC(C#N)CC1. The molecule has 100 valence electrons. The van der Waals surface area contributed by atoms with Crippen LogP contribution in [0, 0.1) is 17.2 Å². The summed E-state index contributed by atoms with van der Waals surface area (Å²) in [6, 6.07) is 5.86. The summed E-state index contributed by atoms with van der Waals surface area (Å²) in [5.74, 6) is 0.786. The van der Waals surface area contributed by atoms with Gasteiger partial charge in [0.1, 0.15) is 5.82 Å². The van der Waals surface area contributed by atoms with Crippen LogP contribution in [0.3, 0.4) is 0 Å². The second-order valence-corrected chi connectivity index (χ2v) is 4.96. The Morgan fingerprint density at radius 2 is 2.16 bits per heavy atom. The first-order chi connectivity index (χ1) is 9.13. The van der Waals surface area contributed by atoms with Gasteiger partial charge in [0.05, 0.1) is 11.6 Å². The minimum Gasteiger partial charge on any atom is -0.362 e. The van der Waals surface area contributed by atoms with E-state index < -0.39 is 0 Å². The number of nitriles is 1. The molecule has 1 amide bonds. The molecule has 1 saturated heterocycles. The molecule has 0 N–H and O–H groups in total. The molecule has 5 nitrogen and oxygen atoms in total. The number of likely N-dealkylation sites (tertiary alicyclic amines) is 1. The summed E-state index contributed by atoms with van der Waals surface area (Å²) >= 11 is 0. The summed E-state index contributed by atoms with van der Waals surface area (Å²) in [7, 11) is 3.75. The highest BCUT2D eigenvalue weighted by Crippen LogP contribution is 2.21. The second kappa shape index (κ2) is 5.70. The summed E-state index contributed by atoms with van der Waals surface area (Å²) in [6.07, 6.45) is 3.22. The van der Waals surface area contributed by atoms with E-state index in [1.54, 1.807) is 18.3 Å². The van der Waals surface area contributed by atoms with E-state index in [1.807, 2.05) is 23.9 Å². The minimum atomic E-state index is 0.00758. The molecule has 1 aliphatic heterocycles. The predicted molar refractivity (Wildman–Crippen MR) is 72.8 cm³/mol. The van der Waals surface area contributed by atoms with Crippen molar-refractivity contribution >= 4 is 11.7 Å². The number of amides is 1. The number of pyridine rings is 1. The third kappa shape index (κ3) is 2.84. The first-order valence-electron chi connectivity index (χ1n) is 6.44. The Kier molecular flexibility index (Phi) is 4.00. The van der Waals surface area contributed by atoms with Crippen molar-refractivity contribution in [1.29, 1.82) is 5.26 Å². The molecule has 0 radical (unpaired) electrons. The van der Waals surface area contributed by atoms with Crippen LogP contribution in [0.25, 0.3) is 0 Å². The highest BCUT2D eigenvalue weighted by molar-refractivity contribution is 5.98. The maximum atomic E-state index is 12.5. The van der Waals surface area contributed by atoms with Crippen molar-refractivity contribution in [1.82, 2.24) is 9.88 Å². The van der Waals surface area contributed by atoms with E-state index in [1.165, 1.54) is 0 Å². The zero-order valence-electron chi connectivity index (χ0n) is 11.3. The van der Waals surface area contributed by atoms with Crippen LogP contribution in [-0.4, -0.2) is 43.0 Å². The van der Waals surface area contributed by atoms with Gasteiger partial charge in [0.2, 0.25) is 0 Å². The van der Waals surface area contributed by atoms with Gasteiger partial charge in [0.15, 0.2) is 0 Å². The molecule has 0 unspecified atom stereocenters. The molecular weight excluding hydrogens is 240 g/mol. The molecular formula is C14H18N4O. The van der Waals surface area contributed by atoms with Crippen molar-refractivity contribution in [2.75, 3.05) is 32.1 Å². The molecule has 1 aliphatic rings. The quantitative estimate of drug-likeness (QED) is 0.807. The van der Waals surface area contributed by atoms with E-state index in [4.69, 9.17) is 5.26 Å². The van der Waals surface area contributed by atoms with Crippen LogP contribution in [0.4, 0.5) is 5.82 Å². The van der Waals surface area contributed by atoms with Gasteiger partial charge in [-0.2, -0.15) is 5.26 Å². The monoisotopic (exact) mass is 258 g/mol. The number of hydrogen-bond acceptors (Lipinski definition) is 4. The smallest absolute Gasteiger partial charge is 0.257 e. The fourth-order valence-electron chi connectivity index (χ4n) is 2.30. The molecule has 1 fully saturated rings. The fraction of sp³-hybridized carbons (Fsp3) is 0.500. The van der Waals surface area contributed by atoms with Crippen LogP contribution < -0.4 is 4.90 Å². The predicted octanol–water partition coefficient (Wildman–Crippen LogP) is 1.52. The van der Waals surface area contributed by atoms with Crippen LogP contribution in [0.2, 0.25) is 0 Å². The molecule has 0 atom stereocenters. The topological polar surface area (TPSA) is 60.2 Å². The average molecular weight is 258 g/mol. The van der Waals surface area contributed by atoms with E-state index in [9.17, 15) is 4.79 Å². The van der Waals surface area contributed by atoms with Crippen LogP contribution in [0.1, 0.15) is 23.2 Å². The number of piperidine rings is 1. The third-order valence-electron chi connectivity index (χ3n) is 3.41. The standard InChI is InChI=1S/C14H18N4O/c1-17(2)13-12(4-3-7-16-13)14(19)18-8-5-11(10-15)6-9-18/h3-4,7,11H,5-6,8-9H2,1-2H3. The normalized spacial score (nSPS) is 15.9. The summed E-state index contributed by atoms with van der Waals surface area (Å²) in [5.41, 5.74) is 0.628. The number of nitrogens with zero attached hydrogens (tertiary/aromatic N) is 4. The lowest BCUT2D eigenvalue weighted by Crippen LogP contribution is -2.38. The summed E-state index contributed by atoms with van der Waals surface area (Å²) < 4.78 is 0. The Bertz CT molecular complexity index is 498. The zero-order valence-corrected chi connectivity index (χ0v) is 11.3. The van der Waals surface area contributed by atoms with E-state index in [2.05, 4.69) is 11.1 Å². The highest BCUT2D eigenvalue weighted by atomic mass is 16.2. The fourth-order valence-corrected chi connectivity index (χ4v) is 2.30. The minimum absolute atomic E-state index is 0.00758. The lowest BCUT2D eigenvalue weighted by atomic mass is 9.98. The first kappa shape index (κ1) is 13.3. The van der Waals surface area contributed by atoms with Gasteiger partial charge in [-0.3, -0.25) is 4.79 Å². The Labute approximate surface area is 113 Å². The van der Waals surface area contributed by atoms with Gasteiger partial charge in [-0.15, -0.1) is 0 Å². The molecule has 19 heavy (non-hydrogen) atoms. The van der Waals surface area contributed by atoms with Gasteiger partial charge in [-0.25, -0.2) is 4.98 Å². The number of carbonyl (C=O) groups excluding carboxylic acids is 1. The number of carbonyl (C=O) groups is 1. The Morgan fingerprint density at radius 3 is 2.74 bits per heavy atom. The lowest BCUT2D eigenvalue weighted by Gasteiger charge is -2.30. The van der Waals surface area contributed by atoms with Crippen molar-refractivity contribution in [3.05, 3.63) is 23.9 Å². The number of hydrogen-bond donors (Lipinski definition) is 0. The number of rotatable bonds is 2. The van der Waals surface area contributed by atoms with Gasteiger partial charge in [-0.05, 0) is 25.0 Å². The summed E-state index contributed by atoms with van der Waals surface area (Å²) in [5, 5.41) is 8.88. The second-order valence-electron chi connectivity index (χ2n) is 4.96. The van der Waals surface area contributed by atoms with Gasteiger partial charge < -0.3 is 9.80 Å². The molecule has 2 rings (SSSR count). The molecule has 0 aromatic carbocycles. The average Bonchev–Trinajstić information content (AvgIpc) is 2.46. The highest BCUT2D eigenvalue weighted by Gasteiger charge is 2.25. The lowest BCUT2D eigenvalue weighted by molar-refractivity contribution is 0.0707. The first-order valence-corrected chi connectivity index (χ1v) is 6.44. The molecule has 0 spiro atoms. The third-order valence-corrected chi connectivity index (χ3v) is 3.41. The van der Waals surface area contributed by atoms with E-state index in [0.717, 1.165) is 12.8 Å². The van der Waals surface area contributed by atoms with Crippen LogP contribution >= 0.6 is 0 Å². The number of aromatic nitrogens is 1. The van der Waals surface area contributed by atoms with Gasteiger partial charge in [0, 0.05) is 39.3 Å². The Balaban J connectivity index is 2.15. The molecule has 1 aromatic heterocycles. The molecule has 0 aliphatic carbocycles. The van der Waals surface area contributed by atoms with Crippen molar-refractivity contribution < 1.29 is 4.79 Å². The van der Waals surface area contributed by atoms with Gasteiger partial charge in [-0.1, -0.05) is 0 Å². The summed E-state index contributed by atoms with van der Waals surface area (Å²) in [6.45, 7) is 1.30.